The van der Waals surface area contributed by atoms with Crippen LogP contribution in [0.5, 0.6) is 0 Å². The van der Waals surface area contributed by atoms with E-state index in [1.54, 1.807) is 0 Å². The topological polar surface area (TPSA) is 29.3 Å². The van der Waals surface area contributed by atoms with Gasteiger partial charge in [-0.05, 0) is 18.6 Å². The summed E-state index contributed by atoms with van der Waals surface area (Å²) in [5.74, 6) is -0.146. The molecule has 0 radical (unpaired) electrons. The lowest BCUT2D eigenvalue weighted by Crippen LogP contribution is -2.51. The number of benzene rings is 1. The fourth-order valence-electron chi connectivity index (χ4n) is 1.84. The van der Waals surface area contributed by atoms with Crippen LogP contribution in [0.1, 0.15) is 12.0 Å². The summed E-state index contributed by atoms with van der Waals surface area (Å²) in [6.07, 6.45) is 1.13. The first-order chi connectivity index (χ1) is 7.20. The molecule has 0 spiro atoms. The molecule has 1 heterocycles. The summed E-state index contributed by atoms with van der Waals surface area (Å²) in [5, 5.41) is 0. The van der Waals surface area contributed by atoms with Crippen LogP contribution in [0.25, 0.3) is 0 Å². The van der Waals surface area contributed by atoms with Gasteiger partial charge in [0.05, 0.1) is 0 Å². The number of nitrogens with zero attached hydrogens (tertiary/aromatic N) is 1. The van der Waals surface area contributed by atoms with Gasteiger partial charge in [0.15, 0.2) is 0 Å². The number of hydrogen-bond acceptors (Lipinski definition) is 2. The Morgan fingerprint density at radius 2 is 2.33 bits per heavy atom. The van der Waals surface area contributed by atoms with Gasteiger partial charge in [0.1, 0.15) is 5.82 Å². The van der Waals surface area contributed by atoms with Gasteiger partial charge in [-0.3, -0.25) is 4.90 Å². The smallest absolute Gasteiger partial charge is 0.128 e. The fourth-order valence-corrected chi connectivity index (χ4v) is 2.17. The van der Waals surface area contributed by atoms with E-state index in [4.69, 9.17) is 5.73 Å². The van der Waals surface area contributed by atoms with Crippen LogP contribution >= 0.6 is 15.9 Å². The lowest BCUT2D eigenvalue weighted by Gasteiger charge is -2.40. The predicted molar refractivity (Wildman–Crippen MR) is 62.0 cm³/mol. The molecule has 1 aliphatic heterocycles. The highest BCUT2D eigenvalue weighted by molar-refractivity contribution is 9.10. The Bertz CT molecular complexity index is 354. The van der Waals surface area contributed by atoms with E-state index in [0.29, 0.717) is 19.1 Å². The molecule has 0 aliphatic carbocycles. The van der Waals surface area contributed by atoms with Gasteiger partial charge in [0.2, 0.25) is 0 Å². The zero-order valence-electron chi connectivity index (χ0n) is 8.42. The Hall–Kier alpha value is -0.450. The van der Waals surface area contributed by atoms with Gasteiger partial charge >= 0.3 is 0 Å². The van der Waals surface area contributed by atoms with Crippen molar-refractivity contribution in [1.82, 2.24) is 4.90 Å². The van der Waals surface area contributed by atoms with Crippen molar-refractivity contribution in [3.63, 3.8) is 0 Å². The number of rotatable bonds is 3. The monoisotopic (exact) mass is 272 g/mol. The second kappa shape index (κ2) is 4.60. The molecule has 15 heavy (non-hydrogen) atoms. The maximum Gasteiger partial charge on any atom is 0.128 e. The molecular formula is C11H14BrFN2. The van der Waals surface area contributed by atoms with Gasteiger partial charge in [0, 0.05) is 35.7 Å². The van der Waals surface area contributed by atoms with Gasteiger partial charge in [-0.1, -0.05) is 22.0 Å². The molecule has 4 heteroatoms. The quantitative estimate of drug-likeness (QED) is 0.914. The highest BCUT2D eigenvalue weighted by atomic mass is 79.9. The molecule has 1 aliphatic rings. The maximum atomic E-state index is 13.5. The largest absolute Gasteiger partial charge is 0.329 e. The van der Waals surface area contributed by atoms with Gasteiger partial charge < -0.3 is 5.73 Å². The van der Waals surface area contributed by atoms with Crippen molar-refractivity contribution in [3.8, 4) is 0 Å². The van der Waals surface area contributed by atoms with Crippen LogP contribution < -0.4 is 5.73 Å². The first kappa shape index (κ1) is 11.0. The van der Waals surface area contributed by atoms with Crippen LogP contribution in [0.2, 0.25) is 0 Å². The standard InChI is InChI=1S/C11H14BrFN2/c12-9-2-1-8(11(13)5-9)7-15-4-3-10(15)6-14/h1-2,5,10H,3-4,6-7,14H2. The Morgan fingerprint density at radius 3 is 2.87 bits per heavy atom. The average molecular weight is 273 g/mol. The molecule has 1 aromatic carbocycles. The first-order valence-corrected chi connectivity index (χ1v) is 5.88. The molecule has 1 aromatic rings. The second-order valence-electron chi connectivity index (χ2n) is 3.88. The molecular weight excluding hydrogens is 259 g/mol. The van der Waals surface area contributed by atoms with Crippen molar-refractivity contribution in [2.24, 2.45) is 5.73 Å². The number of nitrogens with two attached hydrogens (primary N) is 1. The van der Waals surface area contributed by atoms with Gasteiger partial charge in [0.25, 0.3) is 0 Å². The van der Waals surface area contributed by atoms with Crippen LogP contribution in [0.15, 0.2) is 22.7 Å². The lowest BCUT2D eigenvalue weighted by molar-refractivity contribution is 0.0869. The Kier molecular flexibility index (Phi) is 3.38. The van der Waals surface area contributed by atoms with Crippen molar-refractivity contribution in [2.75, 3.05) is 13.1 Å². The second-order valence-corrected chi connectivity index (χ2v) is 4.80. The molecule has 1 atom stereocenters. The fraction of sp³-hybridized carbons (Fsp3) is 0.455. The minimum atomic E-state index is -0.146. The molecule has 1 saturated heterocycles. The van der Waals surface area contributed by atoms with E-state index in [-0.39, 0.29) is 5.82 Å². The lowest BCUT2D eigenvalue weighted by atomic mass is 10.0. The van der Waals surface area contributed by atoms with Crippen molar-refractivity contribution in [1.29, 1.82) is 0 Å². The third kappa shape index (κ3) is 2.38. The summed E-state index contributed by atoms with van der Waals surface area (Å²) in [6, 6.07) is 5.64. The van der Waals surface area contributed by atoms with Crippen LogP contribution in [0, 0.1) is 5.82 Å². The molecule has 2 nitrogen and oxygen atoms in total. The van der Waals surface area contributed by atoms with Gasteiger partial charge in [-0.2, -0.15) is 0 Å². The van der Waals surface area contributed by atoms with E-state index >= 15 is 0 Å². The van der Waals surface area contributed by atoms with Crippen LogP contribution in [-0.4, -0.2) is 24.0 Å². The van der Waals surface area contributed by atoms with E-state index < -0.39 is 0 Å². The molecule has 1 fully saturated rings. The van der Waals surface area contributed by atoms with E-state index in [1.165, 1.54) is 6.07 Å². The number of halogens is 2. The zero-order valence-corrected chi connectivity index (χ0v) is 10.0. The Morgan fingerprint density at radius 1 is 1.53 bits per heavy atom. The third-order valence-electron chi connectivity index (χ3n) is 2.93. The predicted octanol–water partition coefficient (Wildman–Crippen LogP) is 2.12. The van der Waals surface area contributed by atoms with E-state index in [1.807, 2.05) is 12.1 Å². The third-order valence-corrected chi connectivity index (χ3v) is 3.42. The van der Waals surface area contributed by atoms with Gasteiger partial charge in [-0.25, -0.2) is 4.39 Å². The molecule has 1 unspecified atom stereocenters. The van der Waals surface area contributed by atoms with Gasteiger partial charge in [-0.15, -0.1) is 0 Å². The summed E-state index contributed by atoms with van der Waals surface area (Å²) in [7, 11) is 0. The zero-order chi connectivity index (χ0) is 10.8. The summed E-state index contributed by atoms with van der Waals surface area (Å²) < 4.78 is 14.3. The summed E-state index contributed by atoms with van der Waals surface area (Å²) in [4.78, 5) is 2.21. The Labute approximate surface area is 97.4 Å². The summed E-state index contributed by atoms with van der Waals surface area (Å²) >= 11 is 3.25. The molecule has 2 rings (SSSR count). The van der Waals surface area contributed by atoms with Crippen LogP contribution in [0.3, 0.4) is 0 Å². The van der Waals surface area contributed by atoms with Crippen molar-refractivity contribution in [3.05, 3.63) is 34.1 Å². The summed E-state index contributed by atoms with van der Waals surface area (Å²) in [6.45, 7) is 2.36. The average Bonchev–Trinajstić information content (AvgIpc) is 2.15. The molecule has 0 aromatic heterocycles. The minimum absolute atomic E-state index is 0.146. The van der Waals surface area contributed by atoms with Crippen LogP contribution in [0.4, 0.5) is 4.39 Å². The number of hydrogen-bond donors (Lipinski definition) is 1. The van der Waals surface area contributed by atoms with E-state index in [9.17, 15) is 4.39 Å². The highest BCUT2D eigenvalue weighted by Crippen LogP contribution is 2.22. The van der Waals surface area contributed by atoms with Crippen LogP contribution in [-0.2, 0) is 6.54 Å². The number of likely N-dealkylation sites (tertiary alicyclic amines) is 1. The molecule has 0 saturated carbocycles. The van der Waals surface area contributed by atoms with E-state index in [0.717, 1.165) is 23.0 Å². The Balaban J connectivity index is 2.04. The summed E-state index contributed by atoms with van der Waals surface area (Å²) in [5.41, 5.74) is 6.34. The van der Waals surface area contributed by atoms with Crippen molar-refractivity contribution >= 4 is 15.9 Å². The first-order valence-electron chi connectivity index (χ1n) is 5.08. The normalized spacial score (nSPS) is 21.4. The molecule has 0 amide bonds. The van der Waals surface area contributed by atoms with Crippen molar-refractivity contribution < 1.29 is 4.39 Å². The molecule has 0 bridgehead atoms. The minimum Gasteiger partial charge on any atom is -0.329 e. The SMILES string of the molecule is NCC1CCN1Cc1ccc(Br)cc1F. The van der Waals surface area contributed by atoms with Crippen molar-refractivity contribution in [2.45, 2.75) is 19.0 Å². The highest BCUT2D eigenvalue weighted by Gasteiger charge is 2.26. The maximum absolute atomic E-state index is 13.5. The molecule has 2 N–H and O–H groups in total. The van der Waals surface area contributed by atoms with E-state index in [2.05, 4.69) is 20.8 Å². The molecule has 82 valence electrons.